The van der Waals surface area contributed by atoms with E-state index in [0.29, 0.717) is 5.69 Å². The SMILES string of the molecule is Cc1ccc([C@@H]2c3sc(=O)[nH]c3S[C@H]3[C@@H]4C[C@H]([C@H]5C(=O)N(c6ccc(F)cc6)C(=O)[C@H]45)[C@H]23)cc1. The van der Waals surface area contributed by atoms with Crippen LogP contribution in [0.5, 0.6) is 0 Å². The molecule has 3 aromatic rings. The summed E-state index contributed by atoms with van der Waals surface area (Å²) in [5.74, 6) is -1.05. The number of carbonyl (C=O) groups is 2. The maximum Gasteiger partial charge on any atom is 0.305 e. The van der Waals surface area contributed by atoms with Crippen molar-refractivity contribution in [2.24, 2.45) is 29.6 Å². The van der Waals surface area contributed by atoms with Gasteiger partial charge in [-0.1, -0.05) is 41.2 Å². The number of aromatic nitrogens is 1. The maximum absolute atomic E-state index is 13.6. The minimum absolute atomic E-state index is 0.0320. The molecule has 8 heteroatoms. The quantitative estimate of drug-likeness (QED) is 0.533. The van der Waals surface area contributed by atoms with Gasteiger partial charge in [0.25, 0.3) is 0 Å². The summed E-state index contributed by atoms with van der Waals surface area (Å²) in [6, 6.07) is 14.1. The van der Waals surface area contributed by atoms with Gasteiger partial charge in [-0.3, -0.25) is 19.3 Å². The monoisotopic (exact) mass is 492 g/mol. The number of nitrogens with one attached hydrogen (secondary N) is 1. The highest BCUT2D eigenvalue weighted by atomic mass is 32.2. The Balaban J connectivity index is 1.32. The second kappa shape index (κ2) is 7.15. The smallest absolute Gasteiger partial charge is 0.305 e. The van der Waals surface area contributed by atoms with Crippen molar-refractivity contribution >= 4 is 40.6 Å². The molecular weight excluding hydrogens is 471 g/mol. The van der Waals surface area contributed by atoms with Gasteiger partial charge in [-0.15, -0.1) is 11.8 Å². The molecule has 2 amide bonds. The van der Waals surface area contributed by atoms with Crippen molar-refractivity contribution < 1.29 is 14.0 Å². The number of halogens is 1. The average molecular weight is 493 g/mol. The van der Waals surface area contributed by atoms with E-state index in [1.807, 2.05) is 0 Å². The van der Waals surface area contributed by atoms with Crippen LogP contribution >= 0.6 is 23.1 Å². The zero-order chi connectivity index (χ0) is 23.3. The lowest BCUT2D eigenvalue weighted by atomic mass is 9.68. The standard InChI is InChI=1S/C26H21FN2O3S2/c1-11-2-4-12(5-3-11)17-18-15-10-16(21(18)33-23-22(17)34-26(32)28-23)20-19(15)24(30)29(25(20)31)14-8-6-13(27)7-9-14/h2-9,15-21H,10H2,1H3,(H,28,32)/t15-,16+,17-,18+,19+,20+,21-/m0/s1. The Bertz CT molecular complexity index is 1400. The normalized spacial score (nSPS) is 33.2. The first-order valence-corrected chi connectivity index (χ1v) is 13.2. The Morgan fingerprint density at radius 1 is 0.941 bits per heavy atom. The summed E-state index contributed by atoms with van der Waals surface area (Å²) in [5, 5.41) is 1.08. The van der Waals surface area contributed by atoms with Crippen LogP contribution in [0.25, 0.3) is 0 Å². The summed E-state index contributed by atoms with van der Waals surface area (Å²) in [4.78, 5) is 44.8. The van der Waals surface area contributed by atoms with Gasteiger partial charge >= 0.3 is 4.87 Å². The Morgan fingerprint density at radius 2 is 1.62 bits per heavy atom. The number of amides is 2. The molecule has 0 radical (unpaired) electrons. The molecule has 2 saturated carbocycles. The summed E-state index contributed by atoms with van der Waals surface area (Å²) in [6.07, 6.45) is 0.855. The number of benzene rings is 2. The molecule has 34 heavy (non-hydrogen) atoms. The summed E-state index contributed by atoms with van der Waals surface area (Å²) >= 11 is 2.96. The molecule has 4 aliphatic rings. The number of hydrogen-bond donors (Lipinski definition) is 1. The molecule has 0 unspecified atom stereocenters. The molecular formula is C26H21FN2O3S2. The minimum atomic E-state index is -0.397. The molecule has 3 fully saturated rings. The van der Waals surface area contributed by atoms with Crippen molar-refractivity contribution in [2.75, 3.05) is 4.90 Å². The third-order valence-corrected chi connectivity index (χ3v) is 10.8. The molecule has 5 nitrogen and oxygen atoms in total. The van der Waals surface area contributed by atoms with Gasteiger partial charge in [-0.2, -0.15) is 0 Å². The van der Waals surface area contributed by atoms with Crippen LogP contribution in [-0.2, 0) is 9.59 Å². The molecule has 7 atom stereocenters. The van der Waals surface area contributed by atoms with Crippen LogP contribution in [-0.4, -0.2) is 22.0 Å². The predicted octanol–water partition coefficient (Wildman–Crippen LogP) is 4.56. The maximum atomic E-state index is 13.6. The first-order chi connectivity index (χ1) is 16.4. The van der Waals surface area contributed by atoms with Crippen molar-refractivity contribution in [3.63, 3.8) is 0 Å². The van der Waals surface area contributed by atoms with Gasteiger partial charge in [0.2, 0.25) is 11.8 Å². The van der Waals surface area contributed by atoms with Crippen LogP contribution in [0.1, 0.15) is 28.3 Å². The lowest BCUT2D eigenvalue weighted by molar-refractivity contribution is -0.123. The fourth-order valence-electron chi connectivity index (χ4n) is 7.01. The van der Waals surface area contributed by atoms with Crippen molar-refractivity contribution in [3.8, 4) is 0 Å². The average Bonchev–Trinajstić information content (AvgIpc) is 3.54. The topological polar surface area (TPSA) is 70.2 Å². The lowest BCUT2D eigenvalue weighted by Gasteiger charge is -2.43. The Kier molecular flexibility index (Phi) is 4.34. The molecule has 2 aliphatic carbocycles. The number of rotatable bonds is 2. The van der Waals surface area contributed by atoms with E-state index in [1.165, 1.54) is 46.1 Å². The third-order valence-electron chi connectivity index (χ3n) is 8.25. The van der Waals surface area contributed by atoms with E-state index in [-0.39, 0.29) is 57.4 Å². The van der Waals surface area contributed by atoms with Crippen molar-refractivity contribution in [3.05, 3.63) is 80.0 Å². The van der Waals surface area contributed by atoms with Crippen LogP contribution in [0.3, 0.4) is 0 Å². The Labute approximate surface area is 203 Å². The van der Waals surface area contributed by atoms with Crippen LogP contribution < -0.4 is 9.77 Å². The van der Waals surface area contributed by atoms with Crippen molar-refractivity contribution in [2.45, 2.75) is 29.5 Å². The summed E-state index contributed by atoms with van der Waals surface area (Å²) < 4.78 is 13.5. The van der Waals surface area contributed by atoms with E-state index in [2.05, 4.69) is 36.2 Å². The fourth-order valence-corrected chi connectivity index (χ4v) is 9.90. The van der Waals surface area contributed by atoms with Gasteiger partial charge in [-0.25, -0.2) is 4.39 Å². The number of nitrogens with zero attached hydrogens (tertiary/aromatic N) is 1. The van der Waals surface area contributed by atoms with Crippen LogP contribution in [0.2, 0.25) is 0 Å². The molecule has 2 bridgehead atoms. The number of aryl methyl sites for hydroxylation is 1. The number of aromatic amines is 1. The lowest BCUT2D eigenvalue weighted by Crippen LogP contribution is -2.42. The number of H-pyrrole nitrogens is 1. The van der Waals surface area contributed by atoms with E-state index in [0.717, 1.165) is 21.9 Å². The summed E-state index contributed by atoms with van der Waals surface area (Å²) in [7, 11) is 0. The van der Waals surface area contributed by atoms with Gasteiger partial charge in [-0.05, 0) is 60.9 Å². The second-order valence-corrected chi connectivity index (χ2v) is 12.1. The fraction of sp³-hybridized carbons (Fsp3) is 0.346. The molecule has 1 aromatic heterocycles. The molecule has 3 heterocycles. The molecule has 2 aromatic carbocycles. The van der Waals surface area contributed by atoms with E-state index >= 15 is 0 Å². The highest BCUT2D eigenvalue weighted by Gasteiger charge is 2.69. The Morgan fingerprint density at radius 3 is 2.32 bits per heavy atom. The second-order valence-electron chi connectivity index (χ2n) is 9.86. The van der Waals surface area contributed by atoms with Crippen molar-refractivity contribution in [1.29, 1.82) is 0 Å². The minimum Gasteiger partial charge on any atom is -0.307 e. The Hall–Kier alpha value is -2.71. The molecule has 1 N–H and O–H groups in total. The number of thioether (sulfide) groups is 1. The zero-order valence-corrected chi connectivity index (χ0v) is 19.9. The highest BCUT2D eigenvalue weighted by molar-refractivity contribution is 8.00. The van der Waals surface area contributed by atoms with Gasteiger partial charge < -0.3 is 4.98 Å². The highest BCUT2D eigenvalue weighted by Crippen LogP contribution is 2.68. The van der Waals surface area contributed by atoms with E-state index < -0.39 is 5.82 Å². The van der Waals surface area contributed by atoms with Crippen molar-refractivity contribution in [1.82, 2.24) is 4.98 Å². The van der Waals surface area contributed by atoms with E-state index in [4.69, 9.17) is 0 Å². The first kappa shape index (κ1) is 20.6. The van der Waals surface area contributed by atoms with Crippen LogP contribution in [0.15, 0.2) is 58.4 Å². The molecule has 0 spiro atoms. The van der Waals surface area contributed by atoms with Crippen LogP contribution in [0, 0.1) is 42.3 Å². The number of carbonyl (C=O) groups excluding carboxylic acids is 2. The van der Waals surface area contributed by atoms with E-state index in [1.54, 1.807) is 11.8 Å². The molecule has 1 saturated heterocycles. The first-order valence-electron chi connectivity index (χ1n) is 11.5. The van der Waals surface area contributed by atoms with Gasteiger partial charge in [0, 0.05) is 16.0 Å². The number of imide groups is 1. The van der Waals surface area contributed by atoms with Gasteiger partial charge in [0.15, 0.2) is 0 Å². The molecule has 7 rings (SSSR count). The summed E-state index contributed by atoms with van der Waals surface area (Å²) in [6.45, 7) is 2.05. The summed E-state index contributed by atoms with van der Waals surface area (Å²) in [5.41, 5.74) is 2.78. The van der Waals surface area contributed by atoms with E-state index in [9.17, 15) is 18.8 Å². The number of anilines is 1. The van der Waals surface area contributed by atoms with Gasteiger partial charge in [0.1, 0.15) is 5.82 Å². The van der Waals surface area contributed by atoms with Crippen LogP contribution in [0.4, 0.5) is 10.1 Å². The largest absolute Gasteiger partial charge is 0.307 e. The molecule has 2 aliphatic heterocycles. The number of fused-ring (bicyclic) bond motifs is 9. The van der Waals surface area contributed by atoms with Gasteiger partial charge in [0.05, 0.1) is 22.5 Å². The number of hydrogen-bond acceptors (Lipinski definition) is 5. The molecule has 172 valence electrons. The zero-order valence-electron chi connectivity index (χ0n) is 18.2. The third kappa shape index (κ3) is 2.69. The number of thiazole rings is 1. The predicted molar refractivity (Wildman–Crippen MR) is 129 cm³/mol.